The summed E-state index contributed by atoms with van der Waals surface area (Å²) in [4.78, 5) is 0. The number of aryl methyl sites for hydroxylation is 1. The van der Waals surface area contributed by atoms with Gasteiger partial charge in [-0.05, 0) is 18.6 Å². The summed E-state index contributed by atoms with van der Waals surface area (Å²) in [5.41, 5.74) is 2.53. The van der Waals surface area contributed by atoms with Crippen LogP contribution in [0.25, 0.3) is 0 Å². The molecule has 2 nitrogen and oxygen atoms in total. The third kappa shape index (κ3) is 2.61. The Kier molecular flexibility index (Phi) is 3.73. The number of nitriles is 1. The average Bonchev–Trinajstić information content (AvgIpc) is 2.14. The van der Waals surface area contributed by atoms with Crippen molar-refractivity contribution in [3.8, 4) is 6.07 Å². The van der Waals surface area contributed by atoms with E-state index in [4.69, 9.17) is 5.26 Å². The van der Waals surface area contributed by atoms with E-state index in [0.29, 0.717) is 12.1 Å². The molecule has 0 aliphatic heterocycles. The van der Waals surface area contributed by atoms with Crippen LogP contribution in [0.3, 0.4) is 0 Å². The zero-order valence-electron chi connectivity index (χ0n) is 7.97. The Morgan fingerprint density at radius 1 is 1.64 bits per heavy atom. The van der Waals surface area contributed by atoms with Crippen molar-refractivity contribution in [2.45, 2.75) is 6.92 Å². The van der Waals surface area contributed by atoms with Crippen molar-refractivity contribution in [2.24, 2.45) is 0 Å². The van der Waals surface area contributed by atoms with Gasteiger partial charge in [-0.15, -0.1) is 0 Å². The van der Waals surface area contributed by atoms with Crippen molar-refractivity contribution in [1.82, 2.24) is 0 Å². The molecule has 72 valence electrons. The first-order chi connectivity index (χ1) is 6.65. The first-order valence-corrected chi connectivity index (χ1v) is 5.01. The molecule has 3 heteroatoms. The van der Waals surface area contributed by atoms with Crippen molar-refractivity contribution in [2.75, 3.05) is 11.9 Å². The second kappa shape index (κ2) is 4.83. The van der Waals surface area contributed by atoms with Crippen molar-refractivity contribution < 1.29 is 0 Å². The van der Waals surface area contributed by atoms with Crippen LogP contribution in [0.1, 0.15) is 11.1 Å². The van der Waals surface area contributed by atoms with Crippen LogP contribution in [0.2, 0.25) is 0 Å². The van der Waals surface area contributed by atoms with Crippen LogP contribution in [0, 0.1) is 18.3 Å². The topological polar surface area (TPSA) is 35.8 Å². The lowest BCUT2D eigenvalue weighted by atomic mass is 10.1. The Bertz CT molecular complexity index is 391. The van der Waals surface area contributed by atoms with E-state index in [1.165, 1.54) is 0 Å². The molecule has 0 aliphatic rings. The molecule has 1 aromatic rings. The number of anilines is 1. The highest BCUT2D eigenvalue weighted by molar-refractivity contribution is 9.11. The van der Waals surface area contributed by atoms with Gasteiger partial charge in [-0.25, -0.2) is 0 Å². The Morgan fingerprint density at radius 2 is 2.36 bits per heavy atom. The fourth-order valence-electron chi connectivity index (χ4n) is 1.15. The fraction of sp³-hybridized carbons (Fsp3) is 0.182. The van der Waals surface area contributed by atoms with E-state index in [1.54, 1.807) is 0 Å². The van der Waals surface area contributed by atoms with Gasteiger partial charge in [0.15, 0.2) is 0 Å². The van der Waals surface area contributed by atoms with Crippen molar-refractivity contribution >= 4 is 21.6 Å². The maximum atomic E-state index is 8.94. The summed E-state index contributed by atoms with van der Waals surface area (Å²) < 4.78 is 0.864. The summed E-state index contributed by atoms with van der Waals surface area (Å²) in [6.45, 7) is 6.27. The van der Waals surface area contributed by atoms with Crippen molar-refractivity contribution in [1.29, 1.82) is 5.26 Å². The molecule has 0 heterocycles. The molecule has 0 saturated heterocycles. The van der Waals surface area contributed by atoms with Crippen LogP contribution < -0.4 is 5.32 Å². The second-order valence-corrected chi connectivity index (χ2v) is 4.10. The Balaban J connectivity index is 2.92. The first kappa shape index (κ1) is 10.8. The molecular weight excluding hydrogens is 240 g/mol. The molecule has 1 N–H and O–H groups in total. The smallest absolute Gasteiger partial charge is 0.102 e. The third-order valence-electron chi connectivity index (χ3n) is 1.86. The van der Waals surface area contributed by atoms with Gasteiger partial charge in [0.2, 0.25) is 0 Å². The summed E-state index contributed by atoms with van der Waals surface area (Å²) in [6, 6.07) is 7.92. The molecule has 0 amide bonds. The Labute approximate surface area is 92.4 Å². The van der Waals surface area contributed by atoms with Crippen molar-refractivity contribution in [3.63, 3.8) is 0 Å². The molecule has 0 radical (unpaired) electrons. The van der Waals surface area contributed by atoms with Gasteiger partial charge in [-0.1, -0.05) is 34.6 Å². The molecule has 0 fully saturated rings. The lowest BCUT2D eigenvalue weighted by Crippen LogP contribution is -2.03. The molecule has 0 aliphatic carbocycles. The molecule has 0 unspecified atom stereocenters. The van der Waals surface area contributed by atoms with E-state index in [2.05, 4.69) is 33.9 Å². The van der Waals surface area contributed by atoms with Gasteiger partial charge in [0.25, 0.3) is 0 Å². The summed E-state index contributed by atoms with van der Waals surface area (Å²) in [7, 11) is 0. The number of rotatable bonds is 3. The van der Waals surface area contributed by atoms with Crippen molar-refractivity contribution in [3.05, 3.63) is 40.4 Å². The van der Waals surface area contributed by atoms with Gasteiger partial charge in [0.1, 0.15) is 6.07 Å². The zero-order chi connectivity index (χ0) is 10.6. The lowest BCUT2D eigenvalue weighted by molar-refractivity contribution is 1.29. The maximum absolute atomic E-state index is 8.94. The normalized spacial score (nSPS) is 9.21. The largest absolute Gasteiger partial charge is 0.379 e. The number of benzene rings is 1. The highest BCUT2D eigenvalue weighted by atomic mass is 79.9. The average molecular weight is 251 g/mol. The molecule has 0 aromatic heterocycles. The van der Waals surface area contributed by atoms with Crippen LogP contribution in [-0.2, 0) is 0 Å². The molecule has 1 aromatic carbocycles. The predicted molar refractivity (Wildman–Crippen MR) is 62.5 cm³/mol. The molecule has 0 bridgehead atoms. The van der Waals surface area contributed by atoms with Crippen LogP contribution >= 0.6 is 15.9 Å². The Hall–Kier alpha value is -1.27. The highest BCUT2D eigenvalue weighted by Gasteiger charge is 2.03. The van der Waals surface area contributed by atoms with E-state index in [-0.39, 0.29) is 0 Å². The Morgan fingerprint density at radius 3 is 2.93 bits per heavy atom. The minimum Gasteiger partial charge on any atom is -0.379 e. The van der Waals surface area contributed by atoms with Gasteiger partial charge in [0, 0.05) is 11.0 Å². The first-order valence-electron chi connectivity index (χ1n) is 4.22. The maximum Gasteiger partial charge on any atom is 0.102 e. The second-order valence-electron chi connectivity index (χ2n) is 2.98. The zero-order valence-corrected chi connectivity index (χ0v) is 9.56. The number of nitrogens with one attached hydrogen (secondary N) is 1. The molecule has 0 atom stereocenters. The van der Waals surface area contributed by atoms with Gasteiger partial charge in [0.05, 0.1) is 11.3 Å². The van der Waals surface area contributed by atoms with Crippen LogP contribution in [-0.4, -0.2) is 6.54 Å². The molecular formula is C11H11BrN2. The number of nitrogens with zero attached hydrogens (tertiary/aromatic N) is 1. The fourth-order valence-corrected chi connectivity index (χ4v) is 1.29. The van der Waals surface area contributed by atoms with Gasteiger partial charge >= 0.3 is 0 Å². The third-order valence-corrected chi connectivity index (χ3v) is 2.14. The van der Waals surface area contributed by atoms with E-state index in [9.17, 15) is 0 Å². The van der Waals surface area contributed by atoms with Gasteiger partial charge < -0.3 is 5.32 Å². The van der Waals surface area contributed by atoms with Crippen LogP contribution in [0.5, 0.6) is 0 Å². The number of hydrogen-bond donors (Lipinski definition) is 1. The number of halogens is 1. The molecule has 0 saturated carbocycles. The van der Waals surface area contributed by atoms with E-state index < -0.39 is 0 Å². The summed E-state index contributed by atoms with van der Waals surface area (Å²) in [5.74, 6) is 0. The number of hydrogen-bond acceptors (Lipinski definition) is 2. The standard InChI is InChI=1S/C11H11BrN2/c1-8-4-3-5-11(10(8)6-13)14-7-9(2)12/h3-5,14H,2,7H2,1H3. The van der Waals surface area contributed by atoms with E-state index in [0.717, 1.165) is 15.7 Å². The lowest BCUT2D eigenvalue weighted by Gasteiger charge is -2.08. The predicted octanol–water partition coefficient (Wildman–Crippen LogP) is 3.19. The molecule has 0 spiro atoms. The quantitative estimate of drug-likeness (QED) is 0.895. The SMILES string of the molecule is C=C(Br)CNc1cccc(C)c1C#N. The minimum absolute atomic E-state index is 0.623. The molecule has 1 rings (SSSR count). The summed E-state index contributed by atoms with van der Waals surface area (Å²) in [6.07, 6.45) is 0. The molecule has 14 heavy (non-hydrogen) atoms. The van der Waals surface area contributed by atoms with E-state index in [1.807, 2.05) is 25.1 Å². The van der Waals surface area contributed by atoms with Gasteiger partial charge in [-0.2, -0.15) is 5.26 Å². The van der Waals surface area contributed by atoms with E-state index >= 15 is 0 Å². The van der Waals surface area contributed by atoms with Crippen LogP contribution in [0.4, 0.5) is 5.69 Å². The van der Waals surface area contributed by atoms with Gasteiger partial charge in [-0.3, -0.25) is 0 Å². The van der Waals surface area contributed by atoms with Crippen LogP contribution in [0.15, 0.2) is 29.3 Å². The minimum atomic E-state index is 0.623. The summed E-state index contributed by atoms with van der Waals surface area (Å²) >= 11 is 3.26. The monoisotopic (exact) mass is 250 g/mol. The highest BCUT2D eigenvalue weighted by Crippen LogP contribution is 2.18. The summed E-state index contributed by atoms with van der Waals surface area (Å²) in [5, 5.41) is 12.1.